The van der Waals surface area contributed by atoms with E-state index in [-0.39, 0.29) is 0 Å². The molecule has 3 heteroatoms. The fourth-order valence-corrected chi connectivity index (χ4v) is 2.89. The number of aromatic nitrogens is 2. The van der Waals surface area contributed by atoms with E-state index >= 15 is 0 Å². The Kier molecular flexibility index (Phi) is 3.65. The van der Waals surface area contributed by atoms with Gasteiger partial charge in [-0.15, -0.1) is 0 Å². The molecule has 0 saturated carbocycles. The Morgan fingerprint density at radius 1 is 1.32 bits per heavy atom. The van der Waals surface area contributed by atoms with E-state index in [0.717, 1.165) is 13.0 Å². The van der Waals surface area contributed by atoms with Crippen LogP contribution in [0, 0.1) is 0 Å². The van der Waals surface area contributed by atoms with Gasteiger partial charge < -0.3 is 5.32 Å². The van der Waals surface area contributed by atoms with E-state index in [1.807, 2.05) is 17.9 Å². The van der Waals surface area contributed by atoms with Gasteiger partial charge >= 0.3 is 0 Å². The molecule has 19 heavy (non-hydrogen) atoms. The molecule has 1 aromatic heterocycles. The molecular weight excluding hydrogens is 234 g/mol. The first-order chi connectivity index (χ1) is 9.31. The molecule has 1 atom stereocenters. The summed E-state index contributed by atoms with van der Waals surface area (Å²) in [5, 5.41) is 7.88. The van der Waals surface area contributed by atoms with Gasteiger partial charge in [0.2, 0.25) is 0 Å². The SMILES string of the molecule is Cn1cc(CCNC2CCc3ccccc3C2)cn1. The van der Waals surface area contributed by atoms with Crippen molar-refractivity contribution in [2.24, 2.45) is 7.05 Å². The zero-order valence-corrected chi connectivity index (χ0v) is 11.5. The van der Waals surface area contributed by atoms with Crippen LogP contribution >= 0.6 is 0 Å². The van der Waals surface area contributed by atoms with Gasteiger partial charge in [0.15, 0.2) is 0 Å². The van der Waals surface area contributed by atoms with Gasteiger partial charge in [-0.05, 0) is 48.9 Å². The average Bonchev–Trinajstić information content (AvgIpc) is 2.84. The van der Waals surface area contributed by atoms with Crippen molar-refractivity contribution < 1.29 is 0 Å². The lowest BCUT2D eigenvalue weighted by Crippen LogP contribution is -2.35. The second-order valence-electron chi connectivity index (χ2n) is 5.43. The molecule has 1 N–H and O–H groups in total. The van der Waals surface area contributed by atoms with Crippen LogP contribution in [0.3, 0.4) is 0 Å². The molecule has 1 unspecified atom stereocenters. The van der Waals surface area contributed by atoms with Crippen molar-refractivity contribution in [3.63, 3.8) is 0 Å². The van der Waals surface area contributed by atoms with Crippen LogP contribution < -0.4 is 5.32 Å². The minimum atomic E-state index is 0.631. The molecule has 3 rings (SSSR count). The van der Waals surface area contributed by atoms with Gasteiger partial charge in [0, 0.05) is 19.3 Å². The van der Waals surface area contributed by atoms with Crippen molar-refractivity contribution in [3.05, 3.63) is 53.3 Å². The van der Waals surface area contributed by atoms with E-state index in [4.69, 9.17) is 0 Å². The van der Waals surface area contributed by atoms with Gasteiger partial charge in [0.1, 0.15) is 0 Å². The number of hydrogen-bond acceptors (Lipinski definition) is 2. The number of benzene rings is 1. The Bertz CT molecular complexity index is 544. The zero-order valence-electron chi connectivity index (χ0n) is 11.5. The van der Waals surface area contributed by atoms with E-state index in [1.54, 1.807) is 0 Å². The summed E-state index contributed by atoms with van der Waals surface area (Å²) in [4.78, 5) is 0. The molecule has 0 saturated heterocycles. The zero-order chi connectivity index (χ0) is 13.1. The molecule has 0 fully saturated rings. The molecule has 1 aromatic carbocycles. The van der Waals surface area contributed by atoms with Gasteiger partial charge in [0.25, 0.3) is 0 Å². The summed E-state index contributed by atoms with van der Waals surface area (Å²) < 4.78 is 1.87. The largest absolute Gasteiger partial charge is 0.313 e. The molecular formula is C16H21N3. The highest BCUT2D eigenvalue weighted by molar-refractivity contribution is 5.30. The van der Waals surface area contributed by atoms with E-state index in [9.17, 15) is 0 Å². The summed E-state index contributed by atoms with van der Waals surface area (Å²) in [7, 11) is 1.97. The molecule has 1 heterocycles. The van der Waals surface area contributed by atoms with E-state index in [2.05, 4.69) is 40.9 Å². The van der Waals surface area contributed by atoms with Crippen LogP contribution in [0.15, 0.2) is 36.7 Å². The lowest BCUT2D eigenvalue weighted by molar-refractivity contribution is 0.461. The summed E-state index contributed by atoms with van der Waals surface area (Å²) in [5.41, 5.74) is 4.37. The average molecular weight is 255 g/mol. The Morgan fingerprint density at radius 2 is 2.16 bits per heavy atom. The monoisotopic (exact) mass is 255 g/mol. The van der Waals surface area contributed by atoms with Crippen molar-refractivity contribution in [1.82, 2.24) is 15.1 Å². The molecule has 0 bridgehead atoms. The molecule has 3 nitrogen and oxygen atoms in total. The van der Waals surface area contributed by atoms with Crippen LogP contribution in [0.25, 0.3) is 0 Å². The molecule has 0 amide bonds. The normalized spacial score (nSPS) is 18.3. The highest BCUT2D eigenvalue weighted by Crippen LogP contribution is 2.20. The fraction of sp³-hybridized carbons (Fsp3) is 0.438. The number of hydrogen-bond donors (Lipinski definition) is 1. The van der Waals surface area contributed by atoms with Gasteiger partial charge in [-0.25, -0.2) is 0 Å². The van der Waals surface area contributed by atoms with Crippen LogP contribution in [0.5, 0.6) is 0 Å². The van der Waals surface area contributed by atoms with Crippen LogP contribution in [-0.4, -0.2) is 22.4 Å². The smallest absolute Gasteiger partial charge is 0.0522 e. The molecule has 1 aliphatic rings. The summed E-state index contributed by atoms with van der Waals surface area (Å²) in [5.74, 6) is 0. The number of aryl methyl sites for hydroxylation is 2. The van der Waals surface area contributed by atoms with Gasteiger partial charge in [0.05, 0.1) is 6.20 Å². The Morgan fingerprint density at radius 3 is 2.95 bits per heavy atom. The standard InChI is InChI=1S/C16H21N3/c1-19-12-13(11-18-19)8-9-17-16-7-6-14-4-2-3-5-15(14)10-16/h2-5,11-12,16-17H,6-10H2,1H3. The van der Waals surface area contributed by atoms with Crippen LogP contribution in [-0.2, 0) is 26.3 Å². The maximum atomic E-state index is 4.20. The Balaban J connectivity index is 1.50. The molecule has 0 aliphatic heterocycles. The van der Waals surface area contributed by atoms with Crippen molar-refractivity contribution >= 4 is 0 Å². The third-order valence-corrected chi connectivity index (χ3v) is 3.95. The van der Waals surface area contributed by atoms with E-state index in [1.165, 1.54) is 36.0 Å². The van der Waals surface area contributed by atoms with Gasteiger partial charge in [-0.1, -0.05) is 24.3 Å². The van der Waals surface area contributed by atoms with E-state index in [0.29, 0.717) is 6.04 Å². The highest BCUT2D eigenvalue weighted by Gasteiger charge is 2.17. The topological polar surface area (TPSA) is 29.9 Å². The number of rotatable bonds is 4. The minimum Gasteiger partial charge on any atom is -0.313 e. The van der Waals surface area contributed by atoms with Gasteiger partial charge in [-0.3, -0.25) is 4.68 Å². The summed E-state index contributed by atoms with van der Waals surface area (Å²) >= 11 is 0. The number of fused-ring (bicyclic) bond motifs is 1. The van der Waals surface area contributed by atoms with Gasteiger partial charge in [-0.2, -0.15) is 5.10 Å². The minimum absolute atomic E-state index is 0.631. The van der Waals surface area contributed by atoms with Crippen LogP contribution in [0.2, 0.25) is 0 Å². The highest BCUT2D eigenvalue weighted by atomic mass is 15.2. The van der Waals surface area contributed by atoms with Crippen LogP contribution in [0.1, 0.15) is 23.1 Å². The molecule has 100 valence electrons. The summed E-state index contributed by atoms with van der Waals surface area (Å²) in [6, 6.07) is 9.46. The molecule has 0 spiro atoms. The second kappa shape index (κ2) is 5.57. The van der Waals surface area contributed by atoms with E-state index < -0.39 is 0 Å². The first-order valence-electron chi connectivity index (χ1n) is 7.09. The molecule has 0 radical (unpaired) electrons. The number of nitrogens with one attached hydrogen (secondary N) is 1. The first kappa shape index (κ1) is 12.4. The van der Waals surface area contributed by atoms with Crippen molar-refractivity contribution in [1.29, 1.82) is 0 Å². The maximum Gasteiger partial charge on any atom is 0.0522 e. The maximum absolute atomic E-state index is 4.20. The lowest BCUT2D eigenvalue weighted by atomic mass is 9.88. The van der Waals surface area contributed by atoms with Crippen molar-refractivity contribution in [3.8, 4) is 0 Å². The van der Waals surface area contributed by atoms with Crippen molar-refractivity contribution in [2.75, 3.05) is 6.54 Å². The molecule has 2 aromatic rings. The predicted octanol–water partition coefficient (Wildman–Crippen LogP) is 2.11. The Hall–Kier alpha value is -1.61. The predicted molar refractivity (Wildman–Crippen MR) is 77.2 cm³/mol. The first-order valence-corrected chi connectivity index (χ1v) is 7.09. The third kappa shape index (κ3) is 3.04. The molecule has 1 aliphatic carbocycles. The summed E-state index contributed by atoms with van der Waals surface area (Å²) in [6.07, 6.45) is 8.75. The second-order valence-corrected chi connectivity index (χ2v) is 5.43. The fourth-order valence-electron chi connectivity index (χ4n) is 2.89. The Labute approximate surface area is 114 Å². The van der Waals surface area contributed by atoms with Crippen LogP contribution in [0.4, 0.5) is 0 Å². The third-order valence-electron chi connectivity index (χ3n) is 3.95. The quantitative estimate of drug-likeness (QED) is 0.907. The summed E-state index contributed by atoms with van der Waals surface area (Å²) in [6.45, 7) is 1.04. The van der Waals surface area contributed by atoms with Crippen molar-refractivity contribution in [2.45, 2.75) is 31.7 Å². The lowest BCUT2D eigenvalue weighted by Gasteiger charge is -2.25. The number of nitrogens with zero attached hydrogens (tertiary/aromatic N) is 2.